The van der Waals surface area contributed by atoms with Gasteiger partial charge in [0.15, 0.2) is 5.82 Å². The van der Waals surface area contributed by atoms with E-state index in [1.54, 1.807) is 6.33 Å². The van der Waals surface area contributed by atoms with Crippen molar-refractivity contribution in [1.29, 1.82) is 0 Å². The van der Waals surface area contributed by atoms with E-state index in [2.05, 4.69) is 44.3 Å². The summed E-state index contributed by atoms with van der Waals surface area (Å²) in [7, 11) is 1.96. The smallest absolute Gasteiger partial charge is 0.163 e. The SMILES string of the molecule is Cn1cnnc1[C@@H]1CN(Cc2cccc3[nH]ccc23)CCO1. The summed E-state index contributed by atoms with van der Waals surface area (Å²) in [6.45, 7) is 3.43. The first kappa shape index (κ1) is 13.5. The highest BCUT2D eigenvalue weighted by atomic mass is 16.5. The number of ether oxygens (including phenoxy) is 1. The Bertz CT molecular complexity index is 778. The Labute approximate surface area is 128 Å². The average molecular weight is 297 g/mol. The second-order valence-electron chi connectivity index (χ2n) is 5.75. The minimum absolute atomic E-state index is 0.00771. The average Bonchev–Trinajstić information content (AvgIpc) is 3.17. The molecule has 0 bridgehead atoms. The number of fused-ring (bicyclic) bond motifs is 1. The van der Waals surface area contributed by atoms with Gasteiger partial charge in [-0.1, -0.05) is 12.1 Å². The van der Waals surface area contributed by atoms with Gasteiger partial charge in [-0.05, 0) is 17.7 Å². The molecule has 6 nitrogen and oxygen atoms in total. The van der Waals surface area contributed by atoms with E-state index in [1.807, 2.05) is 17.8 Å². The summed E-state index contributed by atoms with van der Waals surface area (Å²) in [5.41, 5.74) is 2.54. The fourth-order valence-electron chi connectivity index (χ4n) is 3.12. The summed E-state index contributed by atoms with van der Waals surface area (Å²) >= 11 is 0. The highest BCUT2D eigenvalue weighted by Crippen LogP contribution is 2.24. The molecule has 0 spiro atoms. The van der Waals surface area contributed by atoms with Gasteiger partial charge in [-0.2, -0.15) is 0 Å². The summed E-state index contributed by atoms with van der Waals surface area (Å²) in [6, 6.07) is 8.56. The number of morpholine rings is 1. The van der Waals surface area contributed by atoms with Gasteiger partial charge in [0.25, 0.3) is 0 Å². The molecule has 114 valence electrons. The molecule has 22 heavy (non-hydrogen) atoms. The van der Waals surface area contributed by atoms with Crippen molar-refractivity contribution in [3.05, 3.63) is 48.2 Å². The zero-order chi connectivity index (χ0) is 14.9. The number of benzene rings is 1. The lowest BCUT2D eigenvalue weighted by Crippen LogP contribution is -2.38. The molecule has 0 saturated carbocycles. The monoisotopic (exact) mass is 297 g/mol. The Morgan fingerprint density at radius 1 is 1.36 bits per heavy atom. The predicted molar refractivity (Wildman–Crippen MR) is 83.3 cm³/mol. The summed E-state index contributed by atoms with van der Waals surface area (Å²) in [4.78, 5) is 5.69. The topological polar surface area (TPSA) is 59.0 Å². The third kappa shape index (κ3) is 2.40. The maximum Gasteiger partial charge on any atom is 0.163 e. The maximum absolute atomic E-state index is 5.87. The summed E-state index contributed by atoms with van der Waals surface area (Å²) in [5, 5.41) is 9.42. The van der Waals surface area contributed by atoms with E-state index in [1.165, 1.54) is 16.5 Å². The van der Waals surface area contributed by atoms with Gasteiger partial charge in [0.05, 0.1) is 6.61 Å². The van der Waals surface area contributed by atoms with Crippen LogP contribution in [0.3, 0.4) is 0 Å². The van der Waals surface area contributed by atoms with Crippen LogP contribution in [0, 0.1) is 0 Å². The lowest BCUT2D eigenvalue weighted by atomic mass is 10.1. The largest absolute Gasteiger partial charge is 0.368 e. The van der Waals surface area contributed by atoms with Crippen molar-refractivity contribution < 1.29 is 4.74 Å². The molecule has 1 aromatic carbocycles. The van der Waals surface area contributed by atoms with Crippen LogP contribution in [0.2, 0.25) is 0 Å². The Hall–Kier alpha value is -2.18. The van der Waals surface area contributed by atoms with Gasteiger partial charge in [0.1, 0.15) is 12.4 Å². The number of rotatable bonds is 3. The Balaban J connectivity index is 1.53. The van der Waals surface area contributed by atoms with Gasteiger partial charge >= 0.3 is 0 Å². The van der Waals surface area contributed by atoms with Crippen LogP contribution in [0.5, 0.6) is 0 Å². The van der Waals surface area contributed by atoms with Crippen molar-refractivity contribution >= 4 is 10.9 Å². The van der Waals surface area contributed by atoms with Crippen LogP contribution in [0.1, 0.15) is 17.5 Å². The molecular weight excluding hydrogens is 278 g/mol. The first-order valence-corrected chi connectivity index (χ1v) is 7.54. The number of aromatic amines is 1. The lowest BCUT2D eigenvalue weighted by Gasteiger charge is -2.32. The normalized spacial score (nSPS) is 19.8. The molecule has 0 aliphatic carbocycles. The highest BCUT2D eigenvalue weighted by Gasteiger charge is 2.25. The summed E-state index contributed by atoms with van der Waals surface area (Å²) in [5.74, 6) is 0.893. The lowest BCUT2D eigenvalue weighted by molar-refractivity contribution is -0.0384. The van der Waals surface area contributed by atoms with Crippen LogP contribution in [-0.4, -0.2) is 44.3 Å². The molecule has 3 heterocycles. The molecule has 1 aliphatic heterocycles. The molecule has 1 fully saturated rings. The maximum atomic E-state index is 5.87. The third-order valence-electron chi connectivity index (χ3n) is 4.26. The molecule has 1 saturated heterocycles. The third-order valence-corrected chi connectivity index (χ3v) is 4.26. The minimum Gasteiger partial charge on any atom is -0.368 e. The summed E-state index contributed by atoms with van der Waals surface area (Å²) < 4.78 is 7.80. The molecule has 1 atom stereocenters. The number of nitrogens with one attached hydrogen (secondary N) is 1. The molecule has 0 unspecified atom stereocenters. The highest BCUT2D eigenvalue weighted by molar-refractivity contribution is 5.82. The van der Waals surface area contributed by atoms with Crippen LogP contribution in [0.15, 0.2) is 36.8 Å². The molecule has 0 radical (unpaired) electrons. The Morgan fingerprint density at radius 2 is 2.32 bits per heavy atom. The standard InChI is InChI=1S/C16H19N5O/c1-20-11-18-19-16(20)15-10-21(7-8-22-15)9-12-3-2-4-14-13(12)5-6-17-14/h2-6,11,15,17H,7-10H2,1H3/t15-/m0/s1. The molecule has 3 aromatic rings. The number of H-pyrrole nitrogens is 1. The summed E-state index contributed by atoms with van der Waals surface area (Å²) in [6.07, 6.45) is 3.71. The number of nitrogens with zero attached hydrogens (tertiary/aromatic N) is 4. The predicted octanol–water partition coefficient (Wildman–Crippen LogP) is 1.87. The van der Waals surface area contributed by atoms with Crippen molar-refractivity contribution in [2.75, 3.05) is 19.7 Å². The van der Waals surface area contributed by atoms with Gasteiger partial charge in [0, 0.05) is 43.8 Å². The Kier molecular flexibility index (Phi) is 3.40. The number of aromatic nitrogens is 4. The van der Waals surface area contributed by atoms with Crippen LogP contribution in [-0.2, 0) is 18.3 Å². The molecular formula is C16H19N5O. The van der Waals surface area contributed by atoms with Crippen LogP contribution in [0.25, 0.3) is 10.9 Å². The molecule has 1 N–H and O–H groups in total. The van der Waals surface area contributed by atoms with E-state index < -0.39 is 0 Å². The van der Waals surface area contributed by atoms with E-state index in [9.17, 15) is 0 Å². The molecule has 6 heteroatoms. The van der Waals surface area contributed by atoms with Crippen molar-refractivity contribution in [2.45, 2.75) is 12.6 Å². The van der Waals surface area contributed by atoms with Crippen molar-refractivity contribution in [3.8, 4) is 0 Å². The first-order chi connectivity index (χ1) is 10.8. The fraction of sp³-hybridized carbons (Fsp3) is 0.375. The first-order valence-electron chi connectivity index (χ1n) is 7.54. The van der Waals surface area contributed by atoms with Crippen molar-refractivity contribution in [1.82, 2.24) is 24.6 Å². The second kappa shape index (κ2) is 5.55. The van der Waals surface area contributed by atoms with Crippen LogP contribution >= 0.6 is 0 Å². The minimum atomic E-state index is -0.00771. The Morgan fingerprint density at radius 3 is 3.18 bits per heavy atom. The van der Waals surface area contributed by atoms with E-state index in [-0.39, 0.29) is 6.10 Å². The van der Waals surface area contributed by atoms with Gasteiger partial charge in [-0.15, -0.1) is 10.2 Å². The zero-order valence-electron chi connectivity index (χ0n) is 12.6. The van der Waals surface area contributed by atoms with Crippen LogP contribution < -0.4 is 0 Å². The second-order valence-corrected chi connectivity index (χ2v) is 5.75. The molecule has 0 amide bonds. The van der Waals surface area contributed by atoms with Crippen molar-refractivity contribution in [3.63, 3.8) is 0 Å². The molecule has 2 aromatic heterocycles. The van der Waals surface area contributed by atoms with Gasteiger partial charge in [0.2, 0.25) is 0 Å². The van der Waals surface area contributed by atoms with Crippen LogP contribution in [0.4, 0.5) is 0 Å². The van der Waals surface area contributed by atoms with Gasteiger partial charge < -0.3 is 14.3 Å². The van der Waals surface area contributed by atoms with Crippen molar-refractivity contribution in [2.24, 2.45) is 7.05 Å². The van der Waals surface area contributed by atoms with E-state index >= 15 is 0 Å². The quantitative estimate of drug-likeness (QED) is 0.802. The zero-order valence-corrected chi connectivity index (χ0v) is 12.6. The van der Waals surface area contributed by atoms with Gasteiger partial charge in [-0.3, -0.25) is 4.90 Å². The van der Waals surface area contributed by atoms with Gasteiger partial charge in [-0.25, -0.2) is 0 Å². The van der Waals surface area contributed by atoms with E-state index in [0.29, 0.717) is 0 Å². The fourth-order valence-corrected chi connectivity index (χ4v) is 3.12. The molecule has 1 aliphatic rings. The number of aryl methyl sites for hydroxylation is 1. The molecule has 4 rings (SSSR count). The van der Waals surface area contributed by atoms with E-state index in [4.69, 9.17) is 4.74 Å². The van der Waals surface area contributed by atoms with E-state index in [0.717, 1.165) is 32.1 Å². The number of hydrogen-bond acceptors (Lipinski definition) is 4. The number of hydrogen-bond donors (Lipinski definition) is 1.